The molecule has 0 saturated carbocycles. The highest BCUT2D eigenvalue weighted by Crippen LogP contribution is 2.30. The molecule has 1 atom stereocenters. The molecule has 0 fully saturated rings. The maximum Gasteiger partial charge on any atom is 0.500 e. The van der Waals surface area contributed by atoms with E-state index in [1.54, 1.807) is 21.3 Å². The fourth-order valence-electron chi connectivity index (χ4n) is 2.63. The Hall–Kier alpha value is 0.154. The van der Waals surface area contributed by atoms with E-state index < -0.39 is 17.1 Å². The van der Waals surface area contributed by atoms with Gasteiger partial charge in [0.1, 0.15) is 0 Å². The van der Waals surface area contributed by atoms with Crippen molar-refractivity contribution in [3.63, 3.8) is 0 Å². The Balaban J connectivity index is -0.000000165. The maximum atomic E-state index is 7.00. The van der Waals surface area contributed by atoms with Crippen molar-refractivity contribution >= 4 is 17.1 Å². The van der Waals surface area contributed by atoms with Gasteiger partial charge in [0.25, 0.3) is 0 Å². The standard InChI is InChI=1S/C9H23NOSi.C6H17NO3Si.C2H6.CH4O/c1-5-12(11-4,9(2)3)8-6-7-10;1-8-11(9-2,10-3)6-4-5-7;2*1-2/h9H,5-8,10H2,1-4H3;4-7H2,1-3H3;1-2H3;2H,1H3. The Bertz CT molecular complexity index is 260. The smallest absolute Gasteiger partial charge is 0.420 e. The van der Waals surface area contributed by atoms with Crippen molar-refractivity contribution in [3.05, 3.63) is 0 Å². The third-order valence-electron chi connectivity index (χ3n) is 4.48. The average Bonchev–Trinajstić information content (AvgIpc) is 2.74. The second-order valence-electron chi connectivity index (χ2n) is 5.86. The molecule has 0 aromatic heterocycles. The average molecular weight is 431 g/mol. The summed E-state index contributed by atoms with van der Waals surface area (Å²) in [5.74, 6) is 0. The van der Waals surface area contributed by atoms with Crippen molar-refractivity contribution in [2.45, 2.75) is 71.1 Å². The van der Waals surface area contributed by atoms with Crippen LogP contribution in [0.3, 0.4) is 0 Å². The van der Waals surface area contributed by atoms with Gasteiger partial charge in [-0.1, -0.05) is 34.6 Å². The van der Waals surface area contributed by atoms with Gasteiger partial charge in [0.05, 0.1) is 0 Å². The molecule has 7 nitrogen and oxygen atoms in total. The van der Waals surface area contributed by atoms with Gasteiger partial charge in [-0.2, -0.15) is 0 Å². The highest BCUT2D eigenvalue weighted by molar-refractivity contribution is 6.75. The summed E-state index contributed by atoms with van der Waals surface area (Å²) in [6, 6.07) is 3.21. The van der Waals surface area contributed by atoms with E-state index in [-0.39, 0.29) is 0 Å². The fraction of sp³-hybridized carbons (Fsp3) is 1.00. The van der Waals surface area contributed by atoms with Gasteiger partial charge < -0.3 is 34.3 Å². The minimum absolute atomic E-state index is 0.644. The molecule has 0 amide bonds. The number of hydrogen-bond acceptors (Lipinski definition) is 7. The maximum absolute atomic E-state index is 7.00. The monoisotopic (exact) mass is 430 g/mol. The van der Waals surface area contributed by atoms with Crippen molar-refractivity contribution in [2.75, 3.05) is 48.6 Å². The molecule has 0 rings (SSSR count). The minimum Gasteiger partial charge on any atom is -0.420 e. The Labute approximate surface area is 171 Å². The lowest BCUT2D eigenvalue weighted by Gasteiger charge is -2.32. The summed E-state index contributed by atoms with van der Waals surface area (Å²) in [5, 5.41) is 7.00. The molecule has 170 valence electrons. The van der Waals surface area contributed by atoms with Crippen molar-refractivity contribution in [3.8, 4) is 0 Å². The van der Waals surface area contributed by atoms with Crippen molar-refractivity contribution in [1.82, 2.24) is 0 Å². The van der Waals surface area contributed by atoms with E-state index in [1.165, 1.54) is 12.1 Å². The Kier molecular flexibility index (Phi) is 31.0. The molecule has 0 aliphatic carbocycles. The van der Waals surface area contributed by atoms with Gasteiger partial charge in [0.15, 0.2) is 8.32 Å². The molecule has 9 heteroatoms. The van der Waals surface area contributed by atoms with Gasteiger partial charge in [0, 0.05) is 41.6 Å². The van der Waals surface area contributed by atoms with Crippen molar-refractivity contribution in [2.24, 2.45) is 11.5 Å². The lowest BCUT2D eigenvalue weighted by Crippen LogP contribution is -2.42. The summed E-state index contributed by atoms with van der Waals surface area (Å²) < 4.78 is 21.3. The number of aliphatic hydroxyl groups is 1. The first kappa shape index (κ1) is 34.6. The van der Waals surface area contributed by atoms with Crippen molar-refractivity contribution in [1.29, 1.82) is 0 Å². The molecular weight excluding hydrogens is 380 g/mol. The molecule has 1 unspecified atom stereocenters. The van der Waals surface area contributed by atoms with Crippen LogP contribution in [0.2, 0.25) is 23.7 Å². The molecule has 0 saturated heterocycles. The molecule has 5 N–H and O–H groups in total. The Morgan fingerprint density at radius 3 is 1.37 bits per heavy atom. The van der Waals surface area contributed by atoms with Gasteiger partial charge >= 0.3 is 8.80 Å². The van der Waals surface area contributed by atoms with Crippen LogP contribution in [0.25, 0.3) is 0 Å². The molecule has 0 aromatic rings. The third-order valence-corrected chi connectivity index (χ3v) is 12.6. The second kappa shape index (κ2) is 24.2. The Morgan fingerprint density at radius 1 is 0.778 bits per heavy atom. The summed E-state index contributed by atoms with van der Waals surface area (Å²) in [4.78, 5) is 0. The van der Waals surface area contributed by atoms with Gasteiger partial charge in [-0.15, -0.1) is 0 Å². The molecule has 27 heavy (non-hydrogen) atoms. The first-order valence-corrected chi connectivity index (χ1v) is 14.3. The van der Waals surface area contributed by atoms with Gasteiger partial charge in [-0.25, -0.2) is 0 Å². The zero-order valence-electron chi connectivity index (χ0n) is 19.8. The van der Waals surface area contributed by atoms with Gasteiger partial charge in [-0.05, 0) is 43.6 Å². The molecule has 0 aliphatic rings. The molecule has 0 spiro atoms. The largest absolute Gasteiger partial charge is 0.500 e. The summed E-state index contributed by atoms with van der Waals surface area (Å²) in [5.41, 5.74) is 11.6. The SMILES string of the molecule is CC.CC[Si](CCCN)(OC)C(C)C.CO.CO[Si](CCCN)(OC)OC. The third kappa shape index (κ3) is 15.7. The van der Waals surface area contributed by atoms with Crippen LogP contribution in [0.1, 0.15) is 47.5 Å². The van der Waals surface area contributed by atoms with Crippen LogP contribution in [-0.2, 0) is 17.7 Å². The number of aliphatic hydroxyl groups excluding tert-OH is 1. The predicted molar refractivity (Wildman–Crippen MR) is 122 cm³/mol. The van der Waals surface area contributed by atoms with Crippen molar-refractivity contribution < 1.29 is 22.8 Å². The lowest BCUT2D eigenvalue weighted by atomic mass is 10.5. The summed E-state index contributed by atoms with van der Waals surface area (Å²) >= 11 is 0. The summed E-state index contributed by atoms with van der Waals surface area (Å²) in [7, 11) is 3.95. The minimum atomic E-state index is -2.32. The van der Waals surface area contributed by atoms with Crippen LogP contribution in [0.5, 0.6) is 0 Å². The number of hydrogen-bond donors (Lipinski definition) is 3. The van der Waals surface area contributed by atoms with E-state index in [0.29, 0.717) is 12.1 Å². The van der Waals surface area contributed by atoms with Crippen LogP contribution >= 0.6 is 0 Å². The van der Waals surface area contributed by atoms with E-state index in [4.69, 9.17) is 34.3 Å². The quantitative estimate of drug-likeness (QED) is 0.408. The molecular formula is C18H50N2O5Si2. The first-order valence-electron chi connectivity index (χ1n) is 9.92. The molecule has 0 aromatic carbocycles. The molecule has 0 radical (unpaired) electrons. The van der Waals surface area contributed by atoms with E-state index in [9.17, 15) is 0 Å². The van der Waals surface area contributed by atoms with Crippen LogP contribution in [-0.4, -0.2) is 70.9 Å². The highest BCUT2D eigenvalue weighted by atomic mass is 28.4. The van der Waals surface area contributed by atoms with Crippen LogP contribution in [0, 0.1) is 0 Å². The second-order valence-corrected chi connectivity index (χ2v) is 13.8. The molecule has 0 bridgehead atoms. The predicted octanol–water partition coefficient (Wildman–Crippen LogP) is 3.21. The van der Waals surface area contributed by atoms with E-state index in [2.05, 4.69) is 20.8 Å². The molecule has 0 heterocycles. The summed E-state index contributed by atoms with van der Waals surface area (Å²) in [6.07, 6.45) is 1.99. The normalized spacial score (nSPS) is 12.7. The zero-order chi connectivity index (χ0) is 22.4. The van der Waals surface area contributed by atoms with Gasteiger partial charge in [0.2, 0.25) is 0 Å². The summed E-state index contributed by atoms with van der Waals surface area (Å²) in [6.45, 7) is 12.2. The highest BCUT2D eigenvalue weighted by Gasteiger charge is 2.36. The van der Waals surface area contributed by atoms with E-state index in [1.807, 2.05) is 21.0 Å². The van der Waals surface area contributed by atoms with E-state index in [0.717, 1.165) is 32.5 Å². The van der Waals surface area contributed by atoms with Gasteiger partial charge in [-0.3, -0.25) is 0 Å². The van der Waals surface area contributed by atoms with E-state index >= 15 is 0 Å². The van der Waals surface area contributed by atoms with Crippen LogP contribution in [0.15, 0.2) is 0 Å². The van der Waals surface area contributed by atoms with Crippen LogP contribution < -0.4 is 11.5 Å². The lowest BCUT2D eigenvalue weighted by molar-refractivity contribution is 0.123. The zero-order valence-corrected chi connectivity index (χ0v) is 21.8. The topological polar surface area (TPSA) is 109 Å². The first-order chi connectivity index (χ1) is 12.9. The number of nitrogens with two attached hydrogens (primary N) is 2. The fourth-order valence-corrected chi connectivity index (χ4v) is 7.90. The van der Waals surface area contributed by atoms with Crippen LogP contribution in [0.4, 0.5) is 0 Å². The molecule has 0 aliphatic heterocycles. The number of rotatable bonds is 12. The Morgan fingerprint density at radius 2 is 1.15 bits per heavy atom.